The van der Waals surface area contributed by atoms with Gasteiger partial charge in [0.2, 0.25) is 0 Å². The zero-order chi connectivity index (χ0) is 23.6. The Kier molecular flexibility index (Phi) is 7.64. The average Bonchev–Trinajstić information content (AvgIpc) is 3.11. The summed E-state index contributed by atoms with van der Waals surface area (Å²) in [4.78, 5) is 37.9. The summed E-state index contributed by atoms with van der Waals surface area (Å²) in [5.74, 6) is 0.465. The number of thioether (sulfide) groups is 1. The minimum atomic E-state index is -0.793. The van der Waals surface area contributed by atoms with Crippen molar-refractivity contribution in [3.05, 3.63) is 23.3 Å². The second-order valence-corrected chi connectivity index (χ2v) is 11.4. The minimum Gasteiger partial charge on any atom is -0.507 e. The van der Waals surface area contributed by atoms with Crippen LogP contribution < -0.4 is 0 Å². The lowest BCUT2D eigenvalue weighted by atomic mass is 9.79. The van der Waals surface area contributed by atoms with Crippen molar-refractivity contribution < 1.29 is 28.7 Å². The van der Waals surface area contributed by atoms with Crippen LogP contribution in [0.2, 0.25) is 0 Å². The summed E-state index contributed by atoms with van der Waals surface area (Å²) in [5.41, 5.74) is 1.25. The van der Waals surface area contributed by atoms with Crippen LogP contribution in [0.25, 0.3) is 0 Å². The number of nitrogens with zero attached hydrogens (tertiary/aromatic N) is 1. The molecule has 7 heteroatoms. The molecule has 1 heterocycles. The molecule has 2 amide bonds. The predicted molar refractivity (Wildman–Crippen MR) is 122 cm³/mol. The van der Waals surface area contributed by atoms with Gasteiger partial charge < -0.3 is 9.84 Å². The van der Waals surface area contributed by atoms with E-state index in [1.54, 1.807) is 0 Å². The molecule has 1 aromatic rings. The van der Waals surface area contributed by atoms with Crippen molar-refractivity contribution in [3.8, 4) is 5.75 Å². The molecule has 1 N–H and O–H groups in total. The Bertz CT molecular complexity index is 818. The van der Waals surface area contributed by atoms with E-state index in [4.69, 9.17) is 4.74 Å². The summed E-state index contributed by atoms with van der Waals surface area (Å²) < 4.78 is 4.29. The van der Waals surface area contributed by atoms with Crippen molar-refractivity contribution in [1.82, 2.24) is 0 Å². The summed E-state index contributed by atoms with van der Waals surface area (Å²) >= 11 is 1.51. The first-order chi connectivity index (χ1) is 14.3. The van der Waals surface area contributed by atoms with Crippen LogP contribution in [0.4, 0.5) is 4.79 Å². The first kappa shape index (κ1) is 25.4. The van der Waals surface area contributed by atoms with Crippen LogP contribution in [0.5, 0.6) is 5.75 Å². The third-order valence-electron chi connectivity index (χ3n) is 5.89. The third-order valence-corrected chi connectivity index (χ3v) is 6.86. The number of phenolic OH excluding ortho intramolecular Hbond substituents is 1. The zero-order valence-corrected chi connectivity index (χ0v) is 20.5. The number of hydrogen-bond donors (Lipinski definition) is 1. The number of hydrogen-bond acceptors (Lipinski definition) is 6. The molecule has 0 saturated carbocycles. The Labute approximate surface area is 189 Å². The molecular formula is C24H35NO5S+. The van der Waals surface area contributed by atoms with Gasteiger partial charge in [-0.1, -0.05) is 41.5 Å². The SMILES string of the molecule is COC(=O)[N+]1(C(=O)CCSc2cc(C(C)(C)C)c(O)c(C(C)(C)C)c2)CCC[C@H]1[C]=O. The number of imide groups is 1. The van der Waals surface area contributed by atoms with Gasteiger partial charge in [-0.25, -0.2) is 4.79 Å². The standard InChI is InChI=1S/C24H34NO5S/c1-23(2,3)18-13-17(14-19(21(18)28)24(4,5)6)31-12-10-20(27)25(22(29)30-7)11-8-9-16(25)15-26/h13-14,16H,8-12H2,1-7H3/p+1/t16-,25?/m0/s1. The topological polar surface area (TPSA) is 80.7 Å². The molecule has 1 aliphatic rings. The Morgan fingerprint density at radius 1 is 1.16 bits per heavy atom. The van der Waals surface area contributed by atoms with Crippen molar-refractivity contribution in [1.29, 1.82) is 0 Å². The summed E-state index contributed by atoms with van der Waals surface area (Å²) in [5, 5.41) is 10.9. The Hall–Kier alpha value is -1.86. The average molecular weight is 450 g/mol. The van der Waals surface area contributed by atoms with Crippen LogP contribution in [0.1, 0.15) is 71.9 Å². The van der Waals surface area contributed by atoms with E-state index in [9.17, 15) is 19.5 Å². The molecule has 1 unspecified atom stereocenters. The smallest absolute Gasteiger partial charge is 0.507 e. The third kappa shape index (κ3) is 5.14. The van der Waals surface area contributed by atoms with Gasteiger partial charge in [0.05, 0.1) is 20.1 Å². The van der Waals surface area contributed by atoms with Gasteiger partial charge in [0.25, 0.3) is 6.29 Å². The maximum atomic E-state index is 13.1. The van der Waals surface area contributed by atoms with Gasteiger partial charge in [0, 0.05) is 34.6 Å². The molecule has 1 aliphatic heterocycles. The van der Waals surface area contributed by atoms with Crippen molar-refractivity contribution in [3.63, 3.8) is 0 Å². The molecule has 0 spiro atoms. The molecule has 6 nitrogen and oxygen atoms in total. The van der Waals surface area contributed by atoms with E-state index in [2.05, 4.69) is 41.5 Å². The van der Waals surface area contributed by atoms with Crippen LogP contribution in [0.15, 0.2) is 17.0 Å². The minimum absolute atomic E-state index is 0.133. The number of aromatic hydroxyl groups is 1. The number of carbonyl (C=O) groups is 2. The maximum Gasteiger partial charge on any atom is 0.523 e. The number of amides is 2. The summed E-state index contributed by atoms with van der Waals surface area (Å²) in [6, 6.07) is 3.16. The second kappa shape index (κ2) is 9.33. The molecule has 2 rings (SSSR count). The normalized spacial score (nSPS) is 21.7. The highest BCUT2D eigenvalue weighted by molar-refractivity contribution is 7.99. The number of quaternary nitrogens is 1. The fourth-order valence-electron chi connectivity index (χ4n) is 4.13. The highest BCUT2D eigenvalue weighted by atomic mass is 32.2. The highest BCUT2D eigenvalue weighted by Gasteiger charge is 2.55. The predicted octanol–water partition coefficient (Wildman–Crippen LogP) is 4.85. The van der Waals surface area contributed by atoms with Crippen molar-refractivity contribution in [2.75, 3.05) is 19.4 Å². The number of carbonyl (C=O) groups excluding carboxylic acids is 3. The first-order valence-electron chi connectivity index (χ1n) is 10.7. The van der Waals surface area contributed by atoms with E-state index in [0.29, 0.717) is 24.3 Å². The van der Waals surface area contributed by atoms with Gasteiger partial charge in [-0.3, -0.25) is 4.79 Å². The fourth-order valence-corrected chi connectivity index (χ4v) is 5.05. The Morgan fingerprint density at radius 3 is 2.16 bits per heavy atom. The number of rotatable bonds is 5. The number of benzene rings is 1. The van der Waals surface area contributed by atoms with E-state index in [1.807, 2.05) is 18.4 Å². The highest BCUT2D eigenvalue weighted by Crippen LogP contribution is 2.42. The van der Waals surface area contributed by atoms with E-state index in [0.717, 1.165) is 16.0 Å². The maximum absolute atomic E-state index is 13.1. The molecule has 1 aromatic carbocycles. The number of ether oxygens (including phenoxy) is 1. The largest absolute Gasteiger partial charge is 0.523 e. The van der Waals surface area contributed by atoms with E-state index < -0.39 is 16.6 Å². The summed E-state index contributed by atoms with van der Waals surface area (Å²) in [6.07, 6.45) is 2.39. The lowest BCUT2D eigenvalue weighted by molar-refractivity contribution is -0.783. The monoisotopic (exact) mass is 449 g/mol. The number of methoxy groups -OCH3 is 1. The van der Waals surface area contributed by atoms with Crippen LogP contribution in [-0.2, 0) is 25.2 Å². The quantitative estimate of drug-likeness (QED) is 0.511. The first-order valence-corrected chi connectivity index (χ1v) is 11.7. The fraction of sp³-hybridized carbons (Fsp3) is 0.625. The van der Waals surface area contributed by atoms with Crippen LogP contribution >= 0.6 is 11.8 Å². The second-order valence-electron chi connectivity index (χ2n) is 10.2. The van der Waals surface area contributed by atoms with Crippen molar-refractivity contribution in [2.45, 2.75) is 82.6 Å². The van der Waals surface area contributed by atoms with Crippen LogP contribution in [-0.4, -0.2) is 53.3 Å². The van der Waals surface area contributed by atoms with Gasteiger partial charge in [0.15, 0.2) is 6.04 Å². The van der Waals surface area contributed by atoms with Gasteiger partial charge in [-0.05, 0) is 23.0 Å². The molecule has 171 valence electrons. The van der Waals surface area contributed by atoms with Gasteiger partial charge in [-0.15, -0.1) is 11.8 Å². The van der Waals surface area contributed by atoms with Crippen molar-refractivity contribution in [2.24, 2.45) is 0 Å². The molecule has 1 fully saturated rings. The van der Waals surface area contributed by atoms with Gasteiger partial charge in [0.1, 0.15) is 5.75 Å². The van der Waals surface area contributed by atoms with Crippen molar-refractivity contribution >= 4 is 30.0 Å². The molecular weight excluding hydrogens is 414 g/mol. The summed E-state index contributed by atoms with van der Waals surface area (Å²) in [7, 11) is 1.24. The zero-order valence-electron chi connectivity index (χ0n) is 19.7. The molecule has 1 saturated heterocycles. The van der Waals surface area contributed by atoms with Gasteiger partial charge >= 0.3 is 12.0 Å². The molecule has 1 radical (unpaired) electrons. The Balaban J connectivity index is 2.26. The summed E-state index contributed by atoms with van der Waals surface area (Å²) in [6.45, 7) is 12.6. The van der Waals surface area contributed by atoms with Crippen LogP contribution in [0, 0.1) is 0 Å². The number of phenols is 1. The molecule has 0 aromatic heterocycles. The lowest BCUT2D eigenvalue weighted by Crippen LogP contribution is -2.60. The number of likely N-dealkylation sites (tertiary alicyclic amines) is 1. The molecule has 2 atom stereocenters. The molecule has 0 aliphatic carbocycles. The van der Waals surface area contributed by atoms with E-state index in [-0.39, 0.29) is 29.7 Å². The van der Waals surface area contributed by atoms with Crippen LogP contribution in [0.3, 0.4) is 0 Å². The van der Waals surface area contributed by atoms with E-state index in [1.165, 1.54) is 18.9 Å². The van der Waals surface area contributed by atoms with E-state index >= 15 is 0 Å². The Morgan fingerprint density at radius 2 is 1.71 bits per heavy atom. The van der Waals surface area contributed by atoms with Gasteiger partial charge in [-0.2, -0.15) is 9.28 Å². The molecule has 31 heavy (non-hydrogen) atoms. The molecule has 0 bridgehead atoms. The lowest BCUT2D eigenvalue weighted by Gasteiger charge is -2.30.